The van der Waals surface area contributed by atoms with Crippen molar-refractivity contribution in [3.63, 3.8) is 0 Å². The first-order valence-electron chi connectivity index (χ1n) is 14.8. The van der Waals surface area contributed by atoms with E-state index in [0.717, 1.165) is 28.9 Å². The smallest absolute Gasteiger partial charge is 0.301 e. The Morgan fingerprint density at radius 3 is 2.68 bits per heavy atom. The number of Topliss-reactive ketones (excluding diaryl/α,β-unsaturated/α-hetero) is 1. The first kappa shape index (κ1) is 29.5. The molecule has 2 aliphatic rings. The number of carbonyl (C=O) groups is 2. The van der Waals surface area contributed by atoms with Crippen molar-refractivity contribution in [1.82, 2.24) is 4.98 Å². The zero-order valence-electron chi connectivity index (χ0n) is 25.1. The number of carbonyl (C=O) groups excluding carboxylic acids is 2. The zero-order valence-corrected chi connectivity index (χ0v) is 25.9. The van der Waals surface area contributed by atoms with Crippen LogP contribution in [0.1, 0.15) is 56.3 Å². The lowest BCUT2D eigenvalue weighted by atomic mass is 9.94. The first-order valence-corrected chi connectivity index (χ1v) is 15.6. The fraction of sp³-hybridized carbons (Fsp3) is 0.324. The van der Waals surface area contributed by atoms with Crippen LogP contribution >= 0.6 is 11.3 Å². The van der Waals surface area contributed by atoms with Gasteiger partial charge in [-0.25, -0.2) is 4.98 Å². The number of unbranched alkanes of at least 4 members (excludes halogenated alkanes) is 1. The summed E-state index contributed by atoms with van der Waals surface area (Å²) in [6, 6.07) is 15.1. The van der Waals surface area contributed by atoms with Gasteiger partial charge in [-0.2, -0.15) is 0 Å². The van der Waals surface area contributed by atoms with E-state index in [2.05, 4.69) is 6.92 Å². The molecule has 0 bridgehead atoms. The number of ether oxygens (including phenoxy) is 4. The number of aliphatic hydroxyl groups is 1. The number of ketones is 1. The molecule has 1 fully saturated rings. The van der Waals surface area contributed by atoms with Gasteiger partial charge in [-0.15, -0.1) is 0 Å². The molecule has 1 saturated heterocycles. The number of aliphatic hydroxyl groups excluding tert-OH is 1. The van der Waals surface area contributed by atoms with Gasteiger partial charge in [-0.05, 0) is 79.9 Å². The molecule has 3 heterocycles. The van der Waals surface area contributed by atoms with Gasteiger partial charge in [-0.3, -0.25) is 14.5 Å². The van der Waals surface area contributed by atoms with Crippen LogP contribution in [-0.2, 0) is 16.0 Å². The van der Waals surface area contributed by atoms with E-state index in [0.29, 0.717) is 58.7 Å². The van der Waals surface area contributed by atoms with Crippen molar-refractivity contribution in [2.45, 2.75) is 52.2 Å². The van der Waals surface area contributed by atoms with E-state index in [1.54, 1.807) is 43.5 Å². The summed E-state index contributed by atoms with van der Waals surface area (Å²) < 4.78 is 23.9. The molecule has 1 N–H and O–H groups in total. The lowest BCUT2D eigenvalue weighted by Gasteiger charge is -2.24. The third kappa shape index (κ3) is 5.34. The van der Waals surface area contributed by atoms with Crippen LogP contribution in [0.25, 0.3) is 16.0 Å². The SMILES string of the molecule is CCCCOc1ccc(C2/C(=C(/O)c3ccc4c(c3)CC(C)O4)C(=O)C(=O)N2c2nc3ccc(OC)cc3s2)cc1OCC. The van der Waals surface area contributed by atoms with Crippen LogP contribution in [0.15, 0.2) is 60.2 Å². The molecule has 3 aromatic carbocycles. The summed E-state index contributed by atoms with van der Waals surface area (Å²) in [6.45, 7) is 6.87. The number of fused-ring (bicyclic) bond motifs is 2. The molecular formula is C34H34N2O7S. The highest BCUT2D eigenvalue weighted by Crippen LogP contribution is 2.46. The molecule has 9 nitrogen and oxygen atoms in total. The van der Waals surface area contributed by atoms with Crippen molar-refractivity contribution >= 4 is 44.1 Å². The van der Waals surface area contributed by atoms with E-state index in [9.17, 15) is 14.7 Å². The molecule has 1 aromatic heterocycles. The molecule has 0 saturated carbocycles. The third-order valence-corrected chi connectivity index (χ3v) is 8.76. The molecule has 44 heavy (non-hydrogen) atoms. The standard InChI is InChI=1S/C34H34N2O7S/c1-5-7-14-42-26-13-8-20(17-27(26)41-6-2)30-29(31(37)21-9-12-25-22(16-21)15-19(3)43-25)32(38)33(39)36(30)34-35-24-11-10-23(40-4)18-28(24)44-34/h8-13,16-19,30,37H,5-7,14-15H2,1-4H3/b31-29-. The van der Waals surface area contributed by atoms with Crippen LogP contribution in [0, 0.1) is 0 Å². The summed E-state index contributed by atoms with van der Waals surface area (Å²) in [5.41, 5.74) is 2.57. The van der Waals surface area contributed by atoms with Gasteiger partial charge in [-0.1, -0.05) is 30.7 Å². The second-order valence-corrected chi connectivity index (χ2v) is 11.8. The normalized spacial score (nSPS) is 18.9. The van der Waals surface area contributed by atoms with Crippen molar-refractivity contribution in [2.24, 2.45) is 0 Å². The average molecular weight is 615 g/mol. The van der Waals surface area contributed by atoms with Gasteiger partial charge in [0.25, 0.3) is 5.78 Å². The molecular weight excluding hydrogens is 580 g/mol. The number of anilines is 1. The van der Waals surface area contributed by atoms with Gasteiger partial charge in [0.05, 0.1) is 42.2 Å². The lowest BCUT2D eigenvalue weighted by Crippen LogP contribution is -2.29. The highest BCUT2D eigenvalue weighted by molar-refractivity contribution is 7.22. The summed E-state index contributed by atoms with van der Waals surface area (Å²) in [6.07, 6.45) is 2.57. The number of benzene rings is 3. The summed E-state index contributed by atoms with van der Waals surface area (Å²) in [7, 11) is 1.58. The Morgan fingerprint density at radius 2 is 1.91 bits per heavy atom. The number of methoxy groups -OCH3 is 1. The number of nitrogens with zero attached hydrogens (tertiary/aromatic N) is 2. The predicted molar refractivity (Wildman–Crippen MR) is 169 cm³/mol. The van der Waals surface area contributed by atoms with Crippen LogP contribution < -0.4 is 23.8 Å². The van der Waals surface area contributed by atoms with Crippen molar-refractivity contribution in [2.75, 3.05) is 25.2 Å². The van der Waals surface area contributed by atoms with Crippen molar-refractivity contribution in [3.05, 3.63) is 76.9 Å². The minimum atomic E-state index is -0.968. The quantitative estimate of drug-likeness (QED) is 0.0896. The lowest BCUT2D eigenvalue weighted by molar-refractivity contribution is -0.132. The van der Waals surface area contributed by atoms with E-state index in [4.69, 9.17) is 23.9 Å². The van der Waals surface area contributed by atoms with Gasteiger partial charge >= 0.3 is 5.91 Å². The van der Waals surface area contributed by atoms with Crippen molar-refractivity contribution in [1.29, 1.82) is 0 Å². The Bertz CT molecular complexity index is 1780. The van der Waals surface area contributed by atoms with Crippen molar-refractivity contribution in [3.8, 4) is 23.0 Å². The van der Waals surface area contributed by atoms with Crippen LogP contribution in [0.2, 0.25) is 0 Å². The molecule has 2 aliphatic heterocycles. The second-order valence-electron chi connectivity index (χ2n) is 10.8. The molecule has 0 spiro atoms. The first-order chi connectivity index (χ1) is 21.3. The number of hydrogen-bond acceptors (Lipinski definition) is 9. The molecule has 0 radical (unpaired) electrons. The number of aromatic nitrogens is 1. The van der Waals surface area contributed by atoms with Crippen molar-refractivity contribution < 1.29 is 33.6 Å². The summed E-state index contributed by atoms with van der Waals surface area (Å²) in [5.74, 6) is 0.627. The minimum absolute atomic E-state index is 0.0145. The largest absolute Gasteiger partial charge is 0.507 e. The molecule has 6 rings (SSSR count). The van der Waals surface area contributed by atoms with E-state index in [-0.39, 0.29) is 17.4 Å². The molecule has 4 aromatic rings. The van der Waals surface area contributed by atoms with E-state index < -0.39 is 17.7 Å². The number of thiazole rings is 1. The Balaban J connectivity index is 1.51. The average Bonchev–Trinajstić information content (AvgIpc) is 3.69. The number of rotatable bonds is 10. The number of amides is 1. The fourth-order valence-corrected chi connectivity index (χ4v) is 6.62. The predicted octanol–water partition coefficient (Wildman–Crippen LogP) is 6.83. The topological polar surface area (TPSA) is 107 Å². The second kappa shape index (κ2) is 12.2. The molecule has 10 heteroatoms. The zero-order chi connectivity index (χ0) is 31.0. The highest BCUT2D eigenvalue weighted by Gasteiger charge is 2.48. The Labute approximate surface area is 259 Å². The third-order valence-electron chi connectivity index (χ3n) is 7.74. The van der Waals surface area contributed by atoms with E-state index in [1.165, 1.54) is 16.2 Å². The summed E-state index contributed by atoms with van der Waals surface area (Å²) in [4.78, 5) is 33.7. The highest BCUT2D eigenvalue weighted by atomic mass is 32.1. The van der Waals surface area contributed by atoms with Crippen LogP contribution in [-0.4, -0.2) is 48.2 Å². The Morgan fingerprint density at radius 1 is 1.07 bits per heavy atom. The molecule has 2 unspecified atom stereocenters. The van der Waals surface area contributed by atoms with Crippen LogP contribution in [0.4, 0.5) is 5.13 Å². The Hall–Kier alpha value is -4.57. The van der Waals surface area contributed by atoms with Gasteiger partial charge in [0.1, 0.15) is 23.4 Å². The summed E-state index contributed by atoms with van der Waals surface area (Å²) in [5, 5.41) is 12.1. The summed E-state index contributed by atoms with van der Waals surface area (Å²) >= 11 is 1.27. The van der Waals surface area contributed by atoms with Gasteiger partial charge in [0.2, 0.25) is 0 Å². The molecule has 2 atom stereocenters. The van der Waals surface area contributed by atoms with E-state index in [1.807, 2.05) is 32.0 Å². The maximum Gasteiger partial charge on any atom is 0.301 e. The van der Waals surface area contributed by atoms with Crippen LogP contribution in [0.3, 0.4) is 0 Å². The van der Waals surface area contributed by atoms with Gasteiger partial charge < -0.3 is 24.1 Å². The Kier molecular flexibility index (Phi) is 8.18. The fourth-order valence-electron chi connectivity index (χ4n) is 5.60. The van der Waals surface area contributed by atoms with Crippen LogP contribution in [0.5, 0.6) is 23.0 Å². The van der Waals surface area contributed by atoms with Gasteiger partial charge in [0.15, 0.2) is 16.6 Å². The monoisotopic (exact) mass is 614 g/mol. The molecule has 228 valence electrons. The molecule has 1 amide bonds. The minimum Gasteiger partial charge on any atom is -0.507 e. The van der Waals surface area contributed by atoms with E-state index >= 15 is 0 Å². The maximum absolute atomic E-state index is 13.8. The molecule has 0 aliphatic carbocycles. The van der Waals surface area contributed by atoms with Gasteiger partial charge in [0, 0.05) is 12.0 Å². The number of hydrogen-bond donors (Lipinski definition) is 1. The maximum atomic E-state index is 13.8.